The number of hydrogen-bond donors (Lipinski definition) is 1. The van der Waals surface area contributed by atoms with Gasteiger partial charge in [0.15, 0.2) is 0 Å². The third-order valence-electron chi connectivity index (χ3n) is 3.18. The zero-order valence-electron chi connectivity index (χ0n) is 12.2. The molecule has 1 atom stereocenters. The summed E-state index contributed by atoms with van der Waals surface area (Å²) in [4.78, 5) is 2.43. The molecule has 0 bridgehead atoms. The van der Waals surface area contributed by atoms with Gasteiger partial charge in [-0.1, -0.05) is 41.4 Å². The van der Waals surface area contributed by atoms with Gasteiger partial charge in [0, 0.05) is 34.7 Å². The van der Waals surface area contributed by atoms with E-state index in [9.17, 15) is 0 Å². The van der Waals surface area contributed by atoms with Gasteiger partial charge in [-0.15, -0.1) is 0 Å². The smallest absolute Gasteiger partial charge is 0.0488 e. The summed E-state index contributed by atoms with van der Waals surface area (Å²) in [6.45, 7) is 10.5. The average molecular weight is 348 g/mol. The lowest BCUT2D eigenvalue weighted by Crippen LogP contribution is -2.41. The van der Waals surface area contributed by atoms with Gasteiger partial charge in [0.05, 0.1) is 0 Å². The molecule has 1 unspecified atom stereocenters. The van der Waals surface area contributed by atoms with Crippen LogP contribution in [-0.4, -0.2) is 24.0 Å². The predicted octanol–water partition coefficient (Wildman–Crippen LogP) is 4.47. The number of hydrogen-bond acceptors (Lipinski definition) is 2. The zero-order valence-corrected chi connectivity index (χ0v) is 14.5. The lowest BCUT2D eigenvalue weighted by Gasteiger charge is -2.36. The van der Waals surface area contributed by atoms with Crippen LogP contribution in [0.2, 0.25) is 5.02 Å². The molecule has 0 saturated carbocycles. The van der Waals surface area contributed by atoms with E-state index in [-0.39, 0.29) is 6.04 Å². The normalized spacial score (nSPS) is 13.6. The maximum Gasteiger partial charge on any atom is 0.0488 e. The predicted molar refractivity (Wildman–Crippen MR) is 87.6 cm³/mol. The van der Waals surface area contributed by atoms with Gasteiger partial charge >= 0.3 is 0 Å². The summed E-state index contributed by atoms with van der Waals surface area (Å²) >= 11 is 9.86. The monoisotopic (exact) mass is 346 g/mol. The SMILES string of the molecule is CC(C)CN(C(C)C)C(CN)c1cc(Br)ccc1Cl. The van der Waals surface area contributed by atoms with E-state index in [1.807, 2.05) is 12.1 Å². The molecule has 0 aromatic heterocycles. The van der Waals surface area contributed by atoms with Crippen molar-refractivity contribution in [2.75, 3.05) is 13.1 Å². The fourth-order valence-corrected chi connectivity index (χ4v) is 2.95. The molecule has 1 aromatic carbocycles. The van der Waals surface area contributed by atoms with E-state index < -0.39 is 0 Å². The van der Waals surface area contributed by atoms with Gasteiger partial charge in [0.25, 0.3) is 0 Å². The van der Waals surface area contributed by atoms with E-state index in [1.54, 1.807) is 0 Å². The number of benzene rings is 1. The van der Waals surface area contributed by atoms with Crippen LogP contribution in [0, 0.1) is 5.92 Å². The highest BCUT2D eigenvalue weighted by molar-refractivity contribution is 9.10. The molecular weight excluding hydrogens is 324 g/mol. The summed E-state index contributed by atoms with van der Waals surface area (Å²) in [5.41, 5.74) is 7.13. The highest BCUT2D eigenvalue weighted by Gasteiger charge is 2.24. The van der Waals surface area contributed by atoms with Crippen molar-refractivity contribution < 1.29 is 0 Å². The molecule has 1 rings (SSSR count). The van der Waals surface area contributed by atoms with Gasteiger partial charge in [-0.3, -0.25) is 4.90 Å². The third kappa shape index (κ3) is 4.75. The van der Waals surface area contributed by atoms with Gasteiger partial charge in [-0.05, 0) is 43.5 Å². The Kier molecular flexibility index (Phi) is 6.81. The van der Waals surface area contributed by atoms with Crippen LogP contribution in [0.1, 0.15) is 39.3 Å². The Morgan fingerprint density at radius 2 is 1.89 bits per heavy atom. The molecule has 2 N–H and O–H groups in total. The first kappa shape index (κ1) is 17.0. The standard InChI is InChI=1S/C15H24BrClN2/c1-10(2)9-19(11(3)4)15(8-18)13-7-12(16)5-6-14(13)17/h5-7,10-11,15H,8-9,18H2,1-4H3. The van der Waals surface area contributed by atoms with Gasteiger partial charge in [-0.2, -0.15) is 0 Å². The Labute approximate surface area is 130 Å². The fourth-order valence-electron chi connectivity index (χ4n) is 2.33. The molecular formula is C15H24BrClN2. The second-order valence-electron chi connectivity index (χ2n) is 5.60. The number of rotatable bonds is 6. The Balaban J connectivity index is 3.11. The van der Waals surface area contributed by atoms with E-state index >= 15 is 0 Å². The van der Waals surface area contributed by atoms with Crippen molar-refractivity contribution in [1.82, 2.24) is 4.90 Å². The van der Waals surface area contributed by atoms with Crippen LogP contribution in [-0.2, 0) is 0 Å². The third-order valence-corrected chi connectivity index (χ3v) is 4.02. The summed E-state index contributed by atoms with van der Waals surface area (Å²) in [5.74, 6) is 0.599. The van der Waals surface area contributed by atoms with Crippen molar-refractivity contribution in [1.29, 1.82) is 0 Å². The number of nitrogens with two attached hydrogens (primary N) is 1. The lowest BCUT2D eigenvalue weighted by atomic mass is 10.0. The summed E-state index contributed by atoms with van der Waals surface area (Å²) in [5, 5.41) is 0.785. The first-order valence-electron chi connectivity index (χ1n) is 6.77. The van der Waals surface area contributed by atoms with E-state index in [1.165, 1.54) is 0 Å². The molecule has 0 saturated heterocycles. The maximum atomic E-state index is 6.35. The minimum absolute atomic E-state index is 0.160. The minimum Gasteiger partial charge on any atom is -0.329 e. The van der Waals surface area contributed by atoms with Gasteiger partial charge in [0.1, 0.15) is 0 Å². The van der Waals surface area contributed by atoms with Crippen LogP contribution >= 0.6 is 27.5 Å². The topological polar surface area (TPSA) is 29.3 Å². The molecule has 0 spiro atoms. The Morgan fingerprint density at radius 3 is 2.37 bits per heavy atom. The molecule has 0 amide bonds. The zero-order chi connectivity index (χ0) is 14.6. The quantitative estimate of drug-likeness (QED) is 0.822. The van der Waals surface area contributed by atoms with E-state index in [2.05, 4.69) is 54.6 Å². The summed E-state index contributed by atoms with van der Waals surface area (Å²) in [7, 11) is 0. The van der Waals surface area contributed by atoms with Crippen molar-refractivity contribution in [3.63, 3.8) is 0 Å². The Morgan fingerprint density at radius 1 is 1.26 bits per heavy atom. The van der Waals surface area contributed by atoms with Crippen LogP contribution in [0.4, 0.5) is 0 Å². The number of nitrogens with zero attached hydrogens (tertiary/aromatic N) is 1. The van der Waals surface area contributed by atoms with E-state index in [0.29, 0.717) is 18.5 Å². The highest BCUT2D eigenvalue weighted by atomic mass is 79.9. The molecule has 1 aromatic rings. The van der Waals surface area contributed by atoms with Crippen molar-refractivity contribution in [2.24, 2.45) is 11.7 Å². The second kappa shape index (κ2) is 7.63. The highest BCUT2D eigenvalue weighted by Crippen LogP contribution is 2.31. The maximum absolute atomic E-state index is 6.35. The van der Waals surface area contributed by atoms with E-state index in [4.69, 9.17) is 17.3 Å². The summed E-state index contributed by atoms with van der Waals surface area (Å²) in [6.07, 6.45) is 0. The average Bonchev–Trinajstić information content (AvgIpc) is 2.32. The second-order valence-corrected chi connectivity index (χ2v) is 6.92. The van der Waals surface area contributed by atoms with Crippen LogP contribution < -0.4 is 5.73 Å². The van der Waals surface area contributed by atoms with Crippen LogP contribution in [0.5, 0.6) is 0 Å². The number of halogens is 2. The first-order valence-corrected chi connectivity index (χ1v) is 7.94. The fraction of sp³-hybridized carbons (Fsp3) is 0.600. The van der Waals surface area contributed by atoms with Gasteiger partial charge in [0.2, 0.25) is 0 Å². The van der Waals surface area contributed by atoms with Crippen molar-refractivity contribution in [3.05, 3.63) is 33.3 Å². The van der Waals surface area contributed by atoms with Crippen molar-refractivity contribution >= 4 is 27.5 Å². The molecule has 4 heteroatoms. The molecule has 0 heterocycles. The molecule has 108 valence electrons. The van der Waals surface area contributed by atoms with Gasteiger partial charge < -0.3 is 5.73 Å². The molecule has 19 heavy (non-hydrogen) atoms. The summed E-state index contributed by atoms with van der Waals surface area (Å²) < 4.78 is 1.04. The lowest BCUT2D eigenvalue weighted by molar-refractivity contribution is 0.138. The summed E-state index contributed by atoms with van der Waals surface area (Å²) in [6, 6.07) is 6.56. The molecule has 0 aliphatic rings. The Bertz CT molecular complexity index is 407. The molecule has 0 fully saturated rings. The molecule has 0 aliphatic heterocycles. The van der Waals surface area contributed by atoms with E-state index in [0.717, 1.165) is 21.6 Å². The van der Waals surface area contributed by atoms with Crippen molar-refractivity contribution in [2.45, 2.75) is 39.8 Å². The van der Waals surface area contributed by atoms with Crippen LogP contribution in [0.25, 0.3) is 0 Å². The Hall–Kier alpha value is -0.0900. The van der Waals surface area contributed by atoms with Crippen LogP contribution in [0.15, 0.2) is 22.7 Å². The minimum atomic E-state index is 0.160. The first-order chi connectivity index (χ1) is 8.86. The van der Waals surface area contributed by atoms with Gasteiger partial charge in [-0.25, -0.2) is 0 Å². The van der Waals surface area contributed by atoms with Crippen LogP contribution in [0.3, 0.4) is 0 Å². The largest absolute Gasteiger partial charge is 0.329 e. The molecule has 2 nitrogen and oxygen atoms in total. The molecule has 0 radical (unpaired) electrons. The molecule has 0 aliphatic carbocycles. The van der Waals surface area contributed by atoms with Crippen molar-refractivity contribution in [3.8, 4) is 0 Å².